The maximum absolute atomic E-state index is 3.78. The van der Waals surface area contributed by atoms with Crippen molar-refractivity contribution >= 4 is 0 Å². The van der Waals surface area contributed by atoms with Crippen LogP contribution in [-0.4, -0.2) is 31.6 Å². The molecule has 1 aliphatic rings. The molecule has 1 aromatic carbocycles. The number of hydrogen-bond acceptors (Lipinski definition) is 2. The summed E-state index contributed by atoms with van der Waals surface area (Å²) in [6, 6.07) is 9.99. The Hall–Kier alpha value is -1.12. The number of rotatable bonds is 6. The van der Waals surface area contributed by atoms with E-state index in [1.807, 2.05) is 6.08 Å². The maximum atomic E-state index is 3.78. The van der Waals surface area contributed by atoms with Crippen molar-refractivity contribution in [1.29, 1.82) is 0 Å². The topological polar surface area (TPSA) is 15.3 Å². The third kappa shape index (κ3) is 4.19. The molecule has 1 aliphatic carbocycles. The van der Waals surface area contributed by atoms with Gasteiger partial charge in [0, 0.05) is 19.1 Å². The lowest BCUT2D eigenvalue weighted by atomic mass is 9.81. The maximum Gasteiger partial charge on any atom is 0.0233 e. The van der Waals surface area contributed by atoms with E-state index in [0.717, 1.165) is 25.0 Å². The zero-order valence-corrected chi connectivity index (χ0v) is 12.9. The Morgan fingerprint density at radius 3 is 2.40 bits per heavy atom. The molecule has 0 bridgehead atoms. The first kappa shape index (κ1) is 15.3. The average Bonchev–Trinajstić information content (AvgIpc) is 2.48. The molecular formula is C18H28N2. The van der Waals surface area contributed by atoms with Crippen molar-refractivity contribution in [1.82, 2.24) is 10.2 Å². The summed E-state index contributed by atoms with van der Waals surface area (Å²) in [6.45, 7) is 5.72. The van der Waals surface area contributed by atoms with Crippen molar-refractivity contribution in [3.63, 3.8) is 0 Å². The van der Waals surface area contributed by atoms with E-state index in [-0.39, 0.29) is 0 Å². The first-order valence-corrected chi connectivity index (χ1v) is 7.78. The van der Waals surface area contributed by atoms with Crippen LogP contribution in [0.4, 0.5) is 0 Å². The number of nitrogens with one attached hydrogen (secondary N) is 1. The molecule has 2 heteroatoms. The third-order valence-electron chi connectivity index (χ3n) is 4.48. The highest BCUT2D eigenvalue weighted by Gasteiger charge is 2.20. The highest BCUT2D eigenvalue weighted by molar-refractivity contribution is 5.26. The number of likely N-dealkylation sites (N-methyl/N-ethyl adjacent to an activating group) is 1. The fourth-order valence-electron chi connectivity index (χ4n) is 3.21. The van der Waals surface area contributed by atoms with Crippen LogP contribution in [0.1, 0.15) is 42.7 Å². The Morgan fingerprint density at radius 1 is 1.20 bits per heavy atom. The van der Waals surface area contributed by atoms with E-state index in [9.17, 15) is 0 Å². The molecule has 0 heterocycles. The van der Waals surface area contributed by atoms with Crippen molar-refractivity contribution in [2.24, 2.45) is 0 Å². The van der Waals surface area contributed by atoms with Gasteiger partial charge in [0.25, 0.3) is 0 Å². The van der Waals surface area contributed by atoms with Crippen molar-refractivity contribution in [3.8, 4) is 0 Å². The van der Waals surface area contributed by atoms with Gasteiger partial charge in [0.2, 0.25) is 0 Å². The summed E-state index contributed by atoms with van der Waals surface area (Å²) in [4.78, 5) is 2.28. The van der Waals surface area contributed by atoms with Crippen molar-refractivity contribution < 1.29 is 0 Å². The largest absolute Gasteiger partial charge is 0.317 e. The van der Waals surface area contributed by atoms with Gasteiger partial charge in [-0.1, -0.05) is 30.3 Å². The van der Waals surface area contributed by atoms with Crippen LogP contribution in [0.25, 0.3) is 0 Å². The van der Waals surface area contributed by atoms with E-state index >= 15 is 0 Å². The molecule has 0 spiro atoms. The molecule has 0 aliphatic heterocycles. The summed E-state index contributed by atoms with van der Waals surface area (Å²) in [5.41, 5.74) is 2.91. The van der Waals surface area contributed by atoms with Crippen LogP contribution in [0.2, 0.25) is 0 Å². The lowest BCUT2D eigenvalue weighted by Gasteiger charge is -2.28. The highest BCUT2D eigenvalue weighted by atomic mass is 15.1. The Balaban J connectivity index is 1.90. The van der Waals surface area contributed by atoms with Crippen molar-refractivity contribution in [2.45, 2.75) is 44.2 Å². The molecule has 2 rings (SSSR count). The monoisotopic (exact) mass is 272 g/mol. The summed E-state index contributed by atoms with van der Waals surface area (Å²) >= 11 is 0. The molecule has 0 unspecified atom stereocenters. The normalized spacial score (nSPS) is 22.9. The molecule has 2 nitrogen and oxygen atoms in total. The van der Waals surface area contributed by atoms with Gasteiger partial charge in [-0.15, -0.1) is 6.58 Å². The summed E-state index contributed by atoms with van der Waals surface area (Å²) < 4.78 is 0. The van der Waals surface area contributed by atoms with Crippen molar-refractivity contribution in [2.75, 3.05) is 20.6 Å². The van der Waals surface area contributed by atoms with Gasteiger partial charge in [0.15, 0.2) is 0 Å². The highest BCUT2D eigenvalue weighted by Crippen LogP contribution is 2.32. The molecule has 1 fully saturated rings. The molecule has 0 atom stereocenters. The van der Waals surface area contributed by atoms with E-state index in [0.29, 0.717) is 0 Å². The minimum Gasteiger partial charge on any atom is -0.317 e. The molecule has 1 aromatic rings. The fraction of sp³-hybridized carbons (Fsp3) is 0.556. The van der Waals surface area contributed by atoms with Gasteiger partial charge >= 0.3 is 0 Å². The second kappa shape index (κ2) is 7.61. The van der Waals surface area contributed by atoms with Gasteiger partial charge in [-0.25, -0.2) is 0 Å². The van der Waals surface area contributed by atoms with Crippen LogP contribution in [-0.2, 0) is 6.54 Å². The van der Waals surface area contributed by atoms with Gasteiger partial charge in [0.05, 0.1) is 0 Å². The predicted octanol–water partition coefficient (Wildman–Crippen LogP) is 3.55. The molecule has 0 aromatic heterocycles. The van der Waals surface area contributed by atoms with Crippen LogP contribution >= 0.6 is 0 Å². The smallest absolute Gasteiger partial charge is 0.0233 e. The van der Waals surface area contributed by atoms with Crippen LogP contribution in [0.3, 0.4) is 0 Å². The number of hydrogen-bond donors (Lipinski definition) is 1. The predicted molar refractivity (Wildman–Crippen MR) is 87.0 cm³/mol. The SMILES string of the molecule is C=CCN(C)Cc1ccc(C2CCC(NC)CC2)cc1. The Bertz CT molecular complexity index is 402. The first-order chi connectivity index (χ1) is 9.72. The quantitative estimate of drug-likeness (QED) is 0.797. The zero-order chi connectivity index (χ0) is 14.4. The minimum atomic E-state index is 0.734. The summed E-state index contributed by atoms with van der Waals surface area (Å²) in [7, 11) is 4.22. The van der Waals surface area contributed by atoms with Crippen LogP contribution < -0.4 is 5.32 Å². The standard InChI is InChI=1S/C18H28N2/c1-4-13-20(3)14-15-5-7-16(8-6-15)17-9-11-18(19-2)12-10-17/h4-8,17-19H,1,9-14H2,2-3H3. The summed E-state index contributed by atoms with van der Waals surface area (Å²) in [6.07, 6.45) is 7.22. The van der Waals surface area contributed by atoms with Gasteiger partial charge in [-0.05, 0) is 56.8 Å². The molecule has 0 amide bonds. The number of benzene rings is 1. The van der Waals surface area contributed by atoms with E-state index < -0.39 is 0 Å². The Morgan fingerprint density at radius 2 is 1.85 bits per heavy atom. The third-order valence-corrected chi connectivity index (χ3v) is 4.48. The fourth-order valence-corrected chi connectivity index (χ4v) is 3.21. The molecule has 1 saturated carbocycles. The summed E-state index contributed by atoms with van der Waals surface area (Å²) in [5.74, 6) is 0.763. The van der Waals surface area contributed by atoms with E-state index in [4.69, 9.17) is 0 Å². The van der Waals surface area contributed by atoms with Gasteiger partial charge in [-0.3, -0.25) is 4.90 Å². The molecule has 1 N–H and O–H groups in total. The summed E-state index contributed by atoms with van der Waals surface area (Å²) in [5, 5.41) is 3.40. The lowest BCUT2D eigenvalue weighted by molar-refractivity contribution is 0.357. The van der Waals surface area contributed by atoms with Crippen LogP contribution in [0.15, 0.2) is 36.9 Å². The number of nitrogens with zero attached hydrogens (tertiary/aromatic N) is 1. The Kier molecular flexibility index (Phi) is 5.81. The minimum absolute atomic E-state index is 0.734. The van der Waals surface area contributed by atoms with Crippen LogP contribution in [0.5, 0.6) is 0 Å². The molecule has 110 valence electrons. The lowest BCUT2D eigenvalue weighted by Crippen LogP contribution is -2.29. The molecule has 20 heavy (non-hydrogen) atoms. The molecule has 0 radical (unpaired) electrons. The van der Waals surface area contributed by atoms with Gasteiger partial charge < -0.3 is 5.32 Å². The first-order valence-electron chi connectivity index (χ1n) is 7.78. The van der Waals surface area contributed by atoms with Gasteiger partial charge in [0.1, 0.15) is 0 Å². The molecule has 0 saturated heterocycles. The van der Waals surface area contributed by atoms with E-state index in [2.05, 4.69) is 55.2 Å². The second-order valence-electron chi connectivity index (χ2n) is 6.06. The molecular weight excluding hydrogens is 244 g/mol. The Labute approximate surface area is 123 Å². The van der Waals surface area contributed by atoms with Gasteiger partial charge in [-0.2, -0.15) is 0 Å². The van der Waals surface area contributed by atoms with E-state index in [1.165, 1.54) is 36.8 Å². The van der Waals surface area contributed by atoms with Crippen molar-refractivity contribution in [3.05, 3.63) is 48.0 Å². The average molecular weight is 272 g/mol. The van der Waals surface area contributed by atoms with E-state index in [1.54, 1.807) is 0 Å². The van der Waals surface area contributed by atoms with Crippen LogP contribution in [0, 0.1) is 0 Å². The zero-order valence-electron chi connectivity index (χ0n) is 12.9. The second-order valence-corrected chi connectivity index (χ2v) is 6.06.